The zero-order chi connectivity index (χ0) is 24.5. The van der Waals surface area contributed by atoms with Gasteiger partial charge in [0.1, 0.15) is 0 Å². The van der Waals surface area contributed by atoms with Gasteiger partial charge in [-0.15, -0.1) is 0 Å². The Labute approximate surface area is 199 Å². The van der Waals surface area contributed by atoms with Gasteiger partial charge in [-0.1, -0.05) is 30.3 Å². The molecule has 0 fully saturated rings. The van der Waals surface area contributed by atoms with Gasteiger partial charge in [0.2, 0.25) is 0 Å². The SMILES string of the molecule is O=C(O)CN(CCN(CCN(CC(=O)O)CC(=O)O)Cc1ccccc1)CC(=O)O.[Cl][Ru]. The van der Waals surface area contributed by atoms with Crippen LogP contribution in [-0.2, 0) is 43.0 Å². The van der Waals surface area contributed by atoms with E-state index in [1.165, 1.54) is 9.80 Å². The summed E-state index contributed by atoms with van der Waals surface area (Å²) in [4.78, 5) is 48.4. The Kier molecular flexibility index (Phi) is 16.3. The summed E-state index contributed by atoms with van der Waals surface area (Å²) in [5.41, 5.74) is 0.962. The second-order valence-electron chi connectivity index (χ2n) is 6.76. The van der Waals surface area contributed by atoms with E-state index in [1.807, 2.05) is 52.5 Å². The molecule has 0 radical (unpaired) electrons. The number of benzene rings is 1. The number of nitrogens with zero attached hydrogens (tertiary/aromatic N) is 3. The van der Waals surface area contributed by atoms with Crippen LogP contribution < -0.4 is 0 Å². The van der Waals surface area contributed by atoms with E-state index in [9.17, 15) is 19.2 Å². The molecule has 0 aliphatic heterocycles. The number of rotatable bonds is 16. The third-order valence-corrected chi connectivity index (χ3v) is 4.15. The van der Waals surface area contributed by atoms with Gasteiger partial charge in [0.15, 0.2) is 0 Å². The van der Waals surface area contributed by atoms with Crippen molar-refractivity contribution in [3.63, 3.8) is 0 Å². The standard InChI is InChI=1S/C19H27N3O8.ClH.Ru/c23-16(24)11-21(12-17(25)26)8-6-20(10-15-4-2-1-3-5-15)7-9-22(13-18(27)28)14-19(29)30;;/h1-5H,6-14H2,(H,23,24)(H,25,26)(H,27,28)(H,29,30);1H;/q;;+1/p-1. The third kappa shape index (κ3) is 15.7. The van der Waals surface area contributed by atoms with Gasteiger partial charge in [-0.3, -0.25) is 33.9 Å². The molecule has 0 heterocycles. The molecule has 1 rings (SSSR count). The molecule has 0 bridgehead atoms. The van der Waals surface area contributed by atoms with E-state index < -0.39 is 50.1 Å². The number of aliphatic carboxylic acids is 4. The molecule has 0 atom stereocenters. The van der Waals surface area contributed by atoms with Crippen LogP contribution in [-0.4, -0.2) is 111 Å². The second kappa shape index (κ2) is 17.4. The van der Waals surface area contributed by atoms with Crippen LogP contribution in [0.1, 0.15) is 5.56 Å². The van der Waals surface area contributed by atoms with Gasteiger partial charge >= 0.3 is 50.9 Å². The molecule has 0 unspecified atom stereocenters. The molecule has 4 N–H and O–H groups in total. The van der Waals surface area contributed by atoms with E-state index in [4.69, 9.17) is 20.4 Å². The minimum absolute atomic E-state index is 0.170. The van der Waals surface area contributed by atoms with Gasteiger partial charge in [0, 0.05) is 32.7 Å². The van der Waals surface area contributed by atoms with Crippen LogP contribution in [0.4, 0.5) is 0 Å². The molecule has 0 aliphatic carbocycles. The van der Waals surface area contributed by atoms with Crippen molar-refractivity contribution >= 4 is 33.6 Å². The van der Waals surface area contributed by atoms with Crippen molar-refractivity contribution in [2.24, 2.45) is 0 Å². The Hall–Kier alpha value is -2.11. The predicted octanol–water partition coefficient (Wildman–Crippen LogP) is 0.118. The molecular weight excluding hydrogens is 535 g/mol. The topological polar surface area (TPSA) is 159 Å². The molecule has 0 aromatic heterocycles. The van der Waals surface area contributed by atoms with Gasteiger partial charge in [-0.2, -0.15) is 0 Å². The number of carboxylic acid groups (broad SMARTS) is 4. The van der Waals surface area contributed by atoms with Crippen LogP contribution in [0.3, 0.4) is 0 Å². The average molecular weight is 562 g/mol. The molecule has 32 heavy (non-hydrogen) atoms. The van der Waals surface area contributed by atoms with E-state index >= 15 is 0 Å². The first-order valence-corrected chi connectivity index (χ1v) is 11.6. The van der Waals surface area contributed by atoms with Gasteiger partial charge in [0.25, 0.3) is 0 Å². The predicted molar refractivity (Wildman–Crippen MR) is 111 cm³/mol. The molecule has 181 valence electrons. The van der Waals surface area contributed by atoms with E-state index in [-0.39, 0.29) is 13.1 Å². The van der Waals surface area contributed by atoms with Crippen LogP contribution in [0.2, 0.25) is 0 Å². The van der Waals surface area contributed by atoms with E-state index in [2.05, 4.69) is 9.69 Å². The monoisotopic (exact) mass is 562 g/mol. The van der Waals surface area contributed by atoms with Crippen molar-refractivity contribution in [1.82, 2.24) is 14.7 Å². The zero-order valence-corrected chi connectivity index (χ0v) is 19.7. The zero-order valence-electron chi connectivity index (χ0n) is 17.2. The molecule has 1 aromatic rings. The Morgan fingerprint density at radius 1 is 0.625 bits per heavy atom. The van der Waals surface area contributed by atoms with Gasteiger partial charge in [-0.05, 0) is 5.56 Å². The fourth-order valence-electron chi connectivity index (χ4n) is 2.87. The fourth-order valence-corrected chi connectivity index (χ4v) is 2.87. The molecule has 13 heteroatoms. The summed E-state index contributed by atoms with van der Waals surface area (Å²) in [7, 11) is 4.57. The Balaban J connectivity index is 0.00000466. The van der Waals surface area contributed by atoms with Crippen molar-refractivity contribution in [1.29, 1.82) is 0 Å². The quantitative estimate of drug-likeness (QED) is 0.203. The maximum absolute atomic E-state index is 11.0. The minimum atomic E-state index is -1.14. The Morgan fingerprint density at radius 3 is 1.25 bits per heavy atom. The molecule has 0 saturated heterocycles. The summed E-state index contributed by atoms with van der Waals surface area (Å²) in [6.45, 7) is -0.237. The maximum atomic E-state index is 11.0. The summed E-state index contributed by atoms with van der Waals surface area (Å²) in [5.74, 6) is -4.56. The van der Waals surface area contributed by atoms with Crippen LogP contribution in [0.15, 0.2) is 30.3 Å². The van der Waals surface area contributed by atoms with E-state index in [1.54, 1.807) is 0 Å². The first kappa shape index (κ1) is 29.9. The number of hydrogen-bond donors (Lipinski definition) is 4. The third-order valence-electron chi connectivity index (χ3n) is 4.15. The summed E-state index contributed by atoms with van der Waals surface area (Å²) in [5, 5.41) is 35.9. The number of hydrogen-bond acceptors (Lipinski definition) is 7. The van der Waals surface area contributed by atoms with Crippen molar-refractivity contribution in [3.05, 3.63) is 35.9 Å². The summed E-state index contributed by atoms with van der Waals surface area (Å²) < 4.78 is 0. The molecular formula is C19H27ClN3O8Ru. The molecule has 0 aliphatic rings. The van der Waals surface area contributed by atoms with Crippen molar-refractivity contribution in [2.45, 2.75) is 6.54 Å². The molecule has 0 saturated carbocycles. The van der Waals surface area contributed by atoms with Gasteiger partial charge in [0.05, 0.1) is 26.2 Å². The number of carboxylic acids is 4. The van der Waals surface area contributed by atoms with Gasteiger partial charge in [-0.25, -0.2) is 0 Å². The van der Waals surface area contributed by atoms with Crippen LogP contribution >= 0.6 is 9.69 Å². The van der Waals surface area contributed by atoms with Crippen LogP contribution in [0.5, 0.6) is 0 Å². The van der Waals surface area contributed by atoms with Gasteiger partial charge < -0.3 is 20.4 Å². The summed E-state index contributed by atoms with van der Waals surface area (Å²) >= 11 is 1.82. The summed E-state index contributed by atoms with van der Waals surface area (Å²) in [6, 6.07) is 9.36. The number of halogens is 1. The van der Waals surface area contributed by atoms with Crippen LogP contribution in [0, 0.1) is 0 Å². The summed E-state index contributed by atoms with van der Waals surface area (Å²) in [6.07, 6.45) is 0. The molecule has 0 spiro atoms. The number of carbonyl (C=O) groups is 4. The Morgan fingerprint density at radius 2 is 0.938 bits per heavy atom. The molecule has 11 nitrogen and oxygen atoms in total. The van der Waals surface area contributed by atoms with Crippen molar-refractivity contribution in [3.8, 4) is 0 Å². The van der Waals surface area contributed by atoms with Crippen molar-refractivity contribution in [2.75, 3.05) is 52.4 Å². The first-order valence-electron chi connectivity index (χ1n) is 9.37. The average Bonchev–Trinajstić information content (AvgIpc) is 2.70. The van der Waals surface area contributed by atoms with E-state index in [0.29, 0.717) is 19.6 Å². The molecule has 0 amide bonds. The van der Waals surface area contributed by atoms with E-state index in [0.717, 1.165) is 5.56 Å². The second-order valence-corrected chi connectivity index (χ2v) is 6.76. The molecule has 1 aromatic carbocycles. The first-order chi connectivity index (χ1) is 15.2. The van der Waals surface area contributed by atoms with Crippen molar-refractivity contribution < 1.29 is 56.9 Å². The fraction of sp³-hybridized carbons (Fsp3) is 0.474. The Bertz CT molecular complexity index is 654. The normalized spacial score (nSPS) is 10.7. The van der Waals surface area contributed by atoms with Crippen LogP contribution in [0.25, 0.3) is 0 Å².